The van der Waals surface area contributed by atoms with E-state index in [9.17, 15) is 14.4 Å². The van der Waals surface area contributed by atoms with Crippen LogP contribution in [0.4, 0.5) is 5.69 Å². The van der Waals surface area contributed by atoms with Crippen molar-refractivity contribution < 1.29 is 14.4 Å². The fraction of sp³-hybridized carbons (Fsp3) is 0.211. The van der Waals surface area contributed by atoms with Crippen LogP contribution in [0.2, 0.25) is 5.02 Å². The largest absolute Gasteiger partial charge is 0.303 e. The van der Waals surface area contributed by atoms with Crippen LogP contribution in [-0.2, 0) is 9.59 Å². The number of halogens is 1. The van der Waals surface area contributed by atoms with E-state index in [0.29, 0.717) is 21.8 Å². The van der Waals surface area contributed by atoms with E-state index < -0.39 is 12.0 Å². The van der Waals surface area contributed by atoms with Crippen molar-refractivity contribution in [3.05, 3.63) is 64.7 Å². The molecule has 0 unspecified atom stereocenters. The lowest BCUT2D eigenvalue weighted by Crippen LogP contribution is -2.43. The van der Waals surface area contributed by atoms with Gasteiger partial charge in [-0.05, 0) is 23.8 Å². The number of rotatable bonds is 4. The molecule has 1 aliphatic rings. The summed E-state index contributed by atoms with van der Waals surface area (Å²) in [5, 5.41) is 0.483. The van der Waals surface area contributed by atoms with Gasteiger partial charge < -0.3 is 9.69 Å². The van der Waals surface area contributed by atoms with Gasteiger partial charge in [-0.15, -0.1) is 0 Å². The molecule has 1 heterocycles. The van der Waals surface area contributed by atoms with Gasteiger partial charge in [-0.25, -0.2) is 0 Å². The van der Waals surface area contributed by atoms with Gasteiger partial charge in [0, 0.05) is 29.8 Å². The Hall–Kier alpha value is -2.46. The predicted molar refractivity (Wildman–Crippen MR) is 92.6 cm³/mol. The molecular formula is C19H16ClNO3. The van der Waals surface area contributed by atoms with Gasteiger partial charge in [0.2, 0.25) is 5.91 Å². The van der Waals surface area contributed by atoms with Crippen molar-refractivity contribution in [3.8, 4) is 0 Å². The van der Waals surface area contributed by atoms with E-state index in [2.05, 4.69) is 0 Å². The summed E-state index contributed by atoms with van der Waals surface area (Å²) < 4.78 is 0. The number of para-hydroxylation sites is 1. The van der Waals surface area contributed by atoms with E-state index in [1.165, 1.54) is 11.8 Å². The lowest BCUT2D eigenvalue weighted by atomic mass is 9.86. The van der Waals surface area contributed by atoms with Crippen LogP contribution in [0, 0.1) is 0 Å². The van der Waals surface area contributed by atoms with Gasteiger partial charge >= 0.3 is 0 Å². The number of carbonyl (C=O) groups is 3. The van der Waals surface area contributed by atoms with Crippen LogP contribution >= 0.6 is 11.6 Å². The first-order valence-electron chi connectivity index (χ1n) is 7.67. The van der Waals surface area contributed by atoms with Crippen LogP contribution in [0.15, 0.2) is 48.5 Å². The predicted octanol–water partition coefficient (Wildman–Crippen LogP) is 3.63. The summed E-state index contributed by atoms with van der Waals surface area (Å²) in [7, 11) is 0. The average Bonchev–Trinajstić information content (AvgIpc) is 2.87. The summed E-state index contributed by atoms with van der Waals surface area (Å²) in [6.07, 6.45) is 0.875. The van der Waals surface area contributed by atoms with Crippen molar-refractivity contribution in [3.63, 3.8) is 0 Å². The summed E-state index contributed by atoms with van der Waals surface area (Å²) in [6, 6.07) is 13.4. The average molecular weight is 342 g/mol. The number of hydrogen-bond acceptors (Lipinski definition) is 3. The van der Waals surface area contributed by atoms with Crippen LogP contribution in [0.1, 0.15) is 35.2 Å². The quantitative estimate of drug-likeness (QED) is 0.798. The van der Waals surface area contributed by atoms with E-state index in [-0.39, 0.29) is 18.1 Å². The zero-order chi connectivity index (χ0) is 17.3. The maximum absolute atomic E-state index is 13.0. The normalized spacial score (nSPS) is 17.5. The maximum atomic E-state index is 13.0. The Labute approximate surface area is 145 Å². The fourth-order valence-corrected chi connectivity index (χ4v) is 3.63. The second-order valence-electron chi connectivity index (χ2n) is 5.75. The monoisotopic (exact) mass is 341 g/mol. The second kappa shape index (κ2) is 6.57. The molecule has 4 nitrogen and oxygen atoms in total. The number of ketones is 1. The van der Waals surface area contributed by atoms with Crippen molar-refractivity contribution in [2.45, 2.75) is 25.3 Å². The topological polar surface area (TPSA) is 54.5 Å². The van der Waals surface area contributed by atoms with Crippen molar-refractivity contribution in [2.24, 2.45) is 0 Å². The van der Waals surface area contributed by atoms with Gasteiger partial charge in [-0.1, -0.05) is 41.9 Å². The van der Waals surface area contributed by atoms with Gasteiger partial charge in [0.1, 0.15) is 12.3 Å². The number of nitrogens with zero attached hydrogens (tertiary/aromatic N) is 1. The Balaban J connectivity index is 2.14. The zero-order valence-corrected chi connectivity index (χ0v) is 13.9. The molecule has 1 aliphatic heterocycles. The number of hydrogen-bond donors (Lipinski definition) is 0. The molecule has 2 aromatic carbocycles. The highest BCUT2D eigenvalue weighted by molar-refractivity contribution is 6.31. The summed E-state index contributed by atoms with van der Waals surface area (Å²) in [5.74, 6) is -0.881. The summed E-state index contributed by atoms with van der Waals surface area (Å²) in [6.45, 7) is 1.42. The first-order valence-corrected chi connectivity index (χ1v) is 8.05. The molecule has 1 amide bonds. The Morgan fingerprint density at radius 3 is 2.54 bits per heavy atom. The third-order valence-electron chi connectivity index (χ3n) is 4.35. The zero-order valence-electron chi connectivity index (χ0n) is 13.1. The summed E-state index contributed by atoms with van der Waals surface area (Å²) >= 11 is 6.29. The van der Waals surface area contributed by atoms with Crippen LogP contribution in [-0.4, -0.2) is 24.0 Å². The highest BCUT2D eigenvalue weighted by Crippen LogP contribution is 2.41. The molecule has 0 aromatic heterocycles. The molecule has 2 atom stereocenters. The van der Waals surface area contributed by atoms with E-state index in [0.717, 1.165) is 6.29 Å². The first kappa shape index (κ1) is 16.4. The number of benzene rings is 2. The smallest absolute Gasteiger partial charge is 0.224 e. The Morgan fingerprint density at radius 1 is 1.21 bits per heavy atom. The third kappa shape index (κ3) is 2.63. The molecule has 0 bridgehead atoms. The highest BCUT2D eigenvalue weighted by atomic mass is 35.5. The Morgan fingerprint density at radius 2 is 1.88 bits per heavy atom. The number of Topliss-reactive ketones (excluding diaryl/α,β-unsaturated/α-hetero) is 1. The van der Waals surface area contributed by atoms with E-state index in [1.54, 1.807) is 42.5 Å². The van der Waals surface area contributed by atoms with E-state index in [4.69, 9.17) is 11.6 Å². The number of carbonyl (C=O) groups excluding carboxylic acids is 3. The number of fused-ring (bicyclic) bond motifs is 1. The molecule has 0 fully saturated rings. The molecule has 0 saturated heterocycles. The molecule has 0 saturated carbocycles. The number of amides is 1. The van der Waals surface area contributed by atoms with E-state index >= 15 is 0 Å². The molecule has 0 spiro atoms. The molecule has 24 heavy (non-hydrogen) atoms. The Bertz CT molecular complexity index is 818. The minimum atomic E-state index is -0.759. The van der Waals surface area contributed by atoms with Crippen molar-refractivity contribution in [1.29, 1.82) is 0 Å². The van der Waals surface area contributed by atoms with Crippen LogP contribution < -0.4 is 4.90 Å². The lowest BCUT2D eigenvalue weighted by molar-refractivity contribution is -0.117. The van der Waals surface area contributed by atoms with Gasteiger partial charge in [0.25, 0.3) is 0 Å². The van der Waals surface area contributed by atoms with Crippen LogP contribution in [0.25, 0.3) is 0 Å². The van der Waals surface area contributed by atoms with Gasteiger partial charge in [-0.2, -0.15) is 0 Å². The van der Waals surface area contributed by atoms with E-state index in [1.807, 2.05) is 6.07 Å². The maximum Gasteiger partial charge on any atom is 0.224 e. The minimum absolute atomic E-state index is 0.109. The summed E-state index contributed by atoms with van der Waals surface area (Å²) in [4.78, 5) is 37.9. The molecule has 122 valence electrons. The lowest BCUT2D eigenvalue weighted by Gasteiger charge is -2.30. The fourth-order valence-electron chi connectivity index (χ4n) is 3.35. The molecule has 0 N–H and O–H groups in total. The molecular weight excluding hydrogens is 326 g/mol. The molecule has 2 aromatic rings. The molecule has 3 rings (SSSR count). The first-order chi connectivity index (χ1) is 11.6. The second-order valence-corrected chi connectivity index (χ2v) is 6.15. The highest BCUT2D eigenvalue weighted by Gasteiger charge is 2.44. The van der Waals surface area contributed by atoms with Crippen LogP contribution in [0.5, 0.6) is 0 Å². The molecule has 5 heteroatoms. The third-order valence-corrected chi connectivity index (χ3v) is 4.70. The van der Waals surface area contributed by atoms with Crippen LogP contribution in [0.3, 0.4) is 0 Å². The van der Waals surface area contributed by atoms with Gasteiger partial charge in [0.15, 0.2) is 5.78 Å². The SMILES string of the molecule is CC(=O)N1c2ccccc2C(=O)[C@H]1[C@@H](CC=O)c1ccccc1Cl. The van der Waals surface area contributed by atoms with Gasteiger partial charge in [0.05, 0.1) is 5.69 Å². The number of anilines is 1. The van der Waals surface area contributed by atoms with Crippen molar-refractivity contribution >= 4 is 35.3 Å². The molecule has 0 radical (unpaired) electrons. The van der Waals surface area contributed by atoms with Crippen molar-refractivity contribution in [1.82, 2.24) is 0 Å². The van der Waals surface area contributed by atoms with Crippen molar-refractivity contribution in [2.75, 3.05) is 4.90 Å². The molecule has 0 aliphatic carbocycles. The Kier molecular flexibility index (Phi) is 4.49. The standard InChI is InChI=1S/C19H16ClNO3/c1-12(23)21-17-9-5-3-7-15(17)19(24)18(21)14(10-11-22)13-6-2-4-8-16(13)20/h2-9,11,14,18H,10H2,1H3/t14-,18+/m0/s1. The number of aldehydes is 1. The summed E-state index contributed by atoms with van der Waals surface area (Å²) in [5.41, 5.74) is 1.78. The minimum Gasteiger partial charge on any atom is -0.303 e. The van der Waals surface area contributed by atoms with Gasteiger partial charge in [-0.3, -0.25) is 9.59 Å².